The molecule has 0 aliphatic rings. The van der Waals surface area contributed by atoms with E-state index >= 15 is 0 Å². The number of aromatic nitrogens is 1. The lowest BCUT2D eigenvalue weighted by atomic mass is 9.91. The summed E-state index contributed by atoms with van der Waals surface area (Å²) >= 11 is 1.91. The van der Waals surface area contributed by atoms with Crippen molar-refractivity contribution in [3.8, 4) is 16.8 Å². The van der Waals surface area contributed by atoms with Gasteiger partial charge in [-0.15, -0.1) is 11.3 Å². The number of hydrogen-bond acceptors (Lipinski definition) is 1. The van der Waals surface area contributed by atoms with Gasteiger partial charge in [-0.05, 0) is 96.3 Å². The van der Waals surface area contributed by atoms with Crippen molar-refractivity contribution in [1.29, 1.82) is 0 Å². The summed E-state index contributed by atoms with van der Waals surface area (Å²) < 4.78 is 5.11. The topological polar surface area (TPSA) is 4.93 Å². The Bertz CT molecular complexity index is 2500. The zero-order valence-corrected chi connectivity index (χ0v) is 26.5. The molecular weight excluding hydrogens is 563 g/mol. The van der Waals surface area contributed by atoms with Gasteiger partial charge in [-0.2, -0.15) is 0 Å². The average Bonchev–Trinajstić information content (AvgIpc) is 3.61. The van der Waals surface area contributed by atoms with Crippen molar-refractivity contribution in [1.82, 2.24) is 4.57 Å². The van der Waals surface area contributed by atoms with Gasteiger partial charge in [0, 0.05) is 36.6 Å². The minimum atomic E-state index is 1.19. The van der Waals surface area contributed by atoms with Crippen molar-refractivity contribution < 1.29 is 0 Å². The number of rotatable bonds is 2. The van der Waals surface area contributed by atoms with E-state index in [0.717, 1.165) is 0 Å². The number of nitrogens with zero attached hydrogens (tertiary/aromatic N) is 1. The molecule has 0 fully saturated rings. The lowest BCUT2D eigenvalue weighted by Crippen LogP contribution is -1.94. The van der Waals surface area contributed by atoms with Crippen LogP contribution in [0.3, 0.4) is 0 Å². The molecule has 0 amide bonds. The second-order valence-corrected chi connectivity index (χ2v) is 13.0. The van der Waals surface area contributed by atoms with Crippen molar-refractivity contribution >= 4 is 64.1 Å². The zero-order valence-electron chi connectivity index (χ0n) is 25.7. The van der Waals surface area contributed by atoms with Gasteiger partial charge >= 0.3 is 0 Å². The van der Waals surface area contributed by atoms with Crippen molar-refractivity contribution in [2.24, 2.45) is 0 Å². The first-order chi connectivity index (χ1) is 22.1. The van der Waals surface area contributed by atoms with E-state index in [1.54, 1.807) is 0 Å². The fourth-order valence-electron chi connectivity index (χ4n) is 6.87. The zero-order chi connectivity index (χ0) is 30.5. The molecule has 2 heteroatoms. The van der Waals surface area contributed by atoms with Crippen LogP contribution >= 0.6 is 11.3 Å². The van der Waals surface area contributed by atoms with Crippen LogP contribution in [-0.4, -0.2) is 4.57 Å². The number of hydrogen-bond donors (Lipinski definition) is 0. The predicted molar refractivity (Wildman–Crippen MR) is 197 cm³/mol. The van der Waals surface area contributed by atoms with E-state index in [4.69, 9.17) is 0 Å². The number of benzene rings is 7. The fraction of sp³-hybridized carbons (Fsp3) is 0.0698. The lowest BCUT2D eigenvalue weighted by Gasteiger charge is -2.14. The molecule has 45 heavy (non-hydrogen) atoms. The highest BCUT2D eigenvalue weighted by Crippen LogP contribution is 2.45. The molecule has 0 unspecified atom stereocenters. The third kappa shape index (κ3) is 4.61. The molecule has 0 N–H and O–H groups in total. The van der Waals surface area contributed by atoms with Gasteiger partial charge in [0.1, 0.15) is 0 Å². The van der Waals surface area contributed by atoms with Gasteiger partial charge in [0.15, 0.2) is 0 Å². The maximum atomic E-state index is 2.44. The minimum Gasteiger partial charge on any atom is -0.309 e. The molecule has 9 rings (SSSR count). The van der Waals surface area contributed by atoms with Gasteiger partial charge in [0.05, 0.1) is 11.0 Å². The number of para-hydroxylation sites is 2. The summed E-state index contributed by atoms with van der Waals surface area (Å²) in [5, 5.41) is 8.02. The third-order valence-corrected chi connectivity index (χ3v) is 10.1. The number of aryl methyl sites for hydroxylation is 3. The number of fused-ring (bicyclic) bond motifs is 8. The molecule has 2 heterocycles. The predicted octanol–water partition coefficient (Wildman–Crippen LogP) is 12.6. The van der Waals surface area contributed by atoms with Gasteiger partial charge in [-0.3, -0.25) is 0 Å². The van der Waals surface area contributed by atoms with Crippen molar-refractivity contribution in [3.63, 3.8) is 0 Å². The van der Waals surface area contributed by atoms with Crippen LogP contribution in [0.1, 0.15) is 16.7 Å². The Labute approximate surface area is 267 Å². The fourth-order valence-corrected chi connectivity index (χ4v) is 8.01. The summed E-state index contributed by atoms with van der Waals surface area (Å²) in [6, 6.07) is 52.6. The molecule has 0 aliphatic carbocycles. The highest BCUT2D eigenvalue weighted by molar-refractivity contribution is 7.26. The van der Waals surface area contributed by atoms with Crippen LogP contribution in [0.2, 0.25) is 0 Å². The molecule has 0 saturated heterocycles. The van der Waals surface area contributed by atoms with Crippen LogP contribution in [-0.2, 0) is 0 Å². The first-order valence-corrected chi connectivity index (χ1v) is 16.3. The third-order valence-electron chi connectivity index (χ3n) is 8.98. The normalized spacial score (nSPS) is 11.4. The maximum Gasteiger partial charge on any atom is 0.0547 e. The second-order valence-electron chi connectivity index (χ2n) is 11.9. The molecule has 2 aromatic heterocycles. The summed E-state index contributed by atoms with van der Waals surface area (Å²) in [6.45, 7) is 6.61. The van der Waals surface area contributed by atoms with Crippen LogP contribution in [0.15, 0.2) is 146 Å². The lowest BCUT2D eigenvalue weighted by molar-refractivity contribution is 1.18. The molecule has 0 atom stereocenters. The molecule has 0 radical (unpaired) electrons. The summed E-state index contributed by atoms with van der Waals surface area (Å²) in [5.74, 6) is 0. The van der Waals surface area contributed by atoms with Crippen molar-refractivity contribution in [3.05, 3.63) is 162 Å². The van der Waals surface area contributed by atoms with E-state index in [1.165, 1.54) is 86.3 Å². The largest absolute Gasteiger partial charge is 0.309 e. The second kappa shape index (κ2) is 11.1. The van der Waals surface area contributed by atoms with E-state index in [1.807, 2.05) is 29.5 Å². The molecule has 216 valence electrons. The Kier molecular flexibility index (Phi) is 6.73. The molecule has 0 saturated carbocycles. The van der Waals surface area contributed by atoms with Gasteiger partial charge in [-0.1, -0.05) is 109 Å². The average molecular weight is 596 g/mol. The molecule has 7 aromatic carbocycles. The Hall–Kier alpha value is -5.18. The standard InChI is InChI=1S/C36H25NS.C7H8/c1-22-16-18-31-36(27-14-8-9-15-30(27)37(31)25-11-4-3-5-12-25)34(22)28-21-33-29(20-23(28)2)35-26-13-7-6-10-24(26)17-19-32(35)38-33;1-7-5-3-2-4-6-7/h3-21H,1-2H3;2-6H,1H3. The van der Waals surface area contributed by atoms with Crippen LogP contribution in [0.5, 0.6) is 0 Å². The van der Waals surface area contributed by atoms with E-state index < -0.39 is 0 Å². The van der Waals surface area contributed by atoms with Gasteiger partial charge in [-0.25, -0.2) is 0 Å². The van der Waals surface area contributed by atoms with Gasteiger partial charge in [0.25, 0.3) is 0 Å². The molecule has 9 aromatic rings. The molecule has 0 bridgehead atoms. The molecule has 0 spiro atoms. The Morgan fingerprint density at radius 1 is 0.467 bits per heavy atom. The summed E-state index contributed by atoms with van der Waals surface area (Å²) in [5.41, 5.74) is 10.3. The Morgan fingerprint density at radius 2 is 1.16 bits per heavy atom. The maximum absolute atomic E-state index is 2.44. The summed E-state index contributed by atoms with van der Waals surface area (Å²) in [7, 11) is 0. The first-order valence-electron chi connectivity index (χ1n) is 15.5. The van der Waals surface area contributed by atoms with Crippen LogP contribution in [0, 0.1) is 20.8 Å². The van der Waals surface area contributed by atoms with Crippen LogP contribution < -0.4 is 0 Å². The van der Waals surface area contributed by atoms with Crippen LogP contribution in [0.25, 0.3) is 69.6 Å². The van der Waals surface area contributed by atoms with E-state index in [-0.39, 0.29) is 0 Å². The van der Waals surface area contributed by atoms with E-state index in [2.05, 4.69) is 153 Å². The quantitative estimate of drug-likeness (QED) is 0.187. The van der Waals surface area contributed by atoms with Gasteiger partial charge in [0.2, 0.25) is 0 Å². The number of thiophene rings is 1. The summed E-state index contributed by atoms with van der Waals surface area (Å²) in [6.07, 6.45) is 0. The smallest absolute Gasteiger partial charge is 0.0547 e. The van der Waals surface area contributed by atoms with E-state index in [9.17, 15) is 0 Å². The molecule has 0 aliphatic heterocycles. The Balaban J connectivity index is 0.000000382. The van der Waals surface area contributed by atoms with Gasteiger partial charge < -0.3 is 4.57 Å². The Morgan fingerprint density at radius 3 is 1.91 bits per heavy atom. The monoisotopic (exact) mass is 595 g/mol. The molecule has 1 nitrogen and oxygen atoms in total. The van der Waals surface area contributed by atoms with E-state index in [0.29, 0.717) is 0 Å². The van der Waals surface area contributed by atoms with Crippen molar-refractivity contribution in [2.45, 2.75) is 20.8 Å². The highest BCUT2D eigenvalue weighted by Gasteiger charge is 2.20. The summed E-state index contributed by atoms with van der Waals surface area (Å²) in [4.78, 5) is 0. The minimum absolute atomic E-state index is 1.19. The highest BCUT2D eigenvalue weighted by atomic mass is 32.1. The van der Waals surface area contributed by atoms with Crippen molar-refractivity contribution in [2.75, 3.05) is 0 Å². The van der Waals surface area contributed by atoms with Crippen LogP contribution in [0.4, 0.5) is 0 Å². The first kappa shape index (κ1) is 27.4. The SMILES string of the molecule is Cc1cc2c(cc1-c1c(C)ccc3c1c1ccccc1n3-c1ccccc1)sc1ccc3ccccc3c12.Cc1ccccc1. The molecular formula is C43H33NS.